The molecule has 3 aromatic carbocycles. The Hall–Kier alpha value is -3.83. The van der Waals surface area contributed by atoms with Gasteiger partial charge in [0.25, 0.3) is 0 Å². The lowest BCUT2D eigenvalue weighted by molar-refractivity contribution is -0.140. The minimum absolute atomic E-state index is 0.0118. The van der Waals surface area contributed by atoms with Gasteiger partial charge in [-0.15, -0.1) is 0 Å². The molecule has 0 fully saturated rings. The van der Waals surface area contributed by atoms with Crippen LogP contribution in [0.3, 0.4) is 0 Å². The van der Waals surface area contributed by atoms with Gasteiger partial charge in [-0.3, -0.25) is 4.79 Å². The molecule has 0 aromatic heterocycles. The number of Topliss-reactive ketones (excluding diaryl/α,β-unsaturated/α-hetero) is 1. The SMILES string of the molecule is CC1=C(C(=O)OCCOc2ccccc2)C(c2ccccc2Cl)C2=C(CC(c3ccccc3)CC2=O)N1. The second-order valence-electron chi connectivity index (χ2n) is 9.25. The lowest BCUT2D eigenvalue weighted by Gasteiger charge is -2.37. The molecule has 6 heteroatoms. The van der Waals surface area contributed by atoms with Gasteiger partial charge < -0.3 is 14.8 Å². The maximum Gasteiger partial charge on any atom is 0.336 e. The summed E-state index contributed by atoms with van der Waals surface area (Å²) in [6.07, 6.45) is 1.05. The van der Waals surface area contributed by atoms with Crippen molar-refractivity contribution in [3.8, 4) is 5.75 Å². The quantitative estimate of drug-likeness (QED) is 0.295. The minimum Gasteiger partial charge on any atom is -0.490 e. The second kappa shape index (κ2) is 11.1. The number of hydrogen-bond acceptors (Lipinski definition) is 5. The third-order valence-electron chi connectivity index (χ3n) is 6.86. The number of dihydropyridines is 1. The number of esters is 1. The maximum absolute atomic E-state index is 13.7. The Morgan fingerprint density at radius 3 is 2.32 bits per heavy atom. The Bertz CT molecular complexity index is 1360. The van der Waals surface area contributed by atoms with Crippen molar-refractivity contribution in [2.75, 3.05) is 13.2 Å². The number of carbonyl (C=O) groups excluding carboxylic acids is 2. The predicted molar refractivity (Wildman–Crippen MR) is 143 cm³/mol. The number of rotatable bonds is 7. The van der Waals surface area contributed by atoms with E-state index in [9.17, 15) is 9.59 Å². The van der Waals surface area contributed by atoms with Gasteiger partial charge in [-0.05, 0) is 48.6 Å². The largest absolute Gasteiger partial charge is 0.490 e. The summed E-state index contributed by atoms with van der Waals surface area (Å²) in [7, 11) is 0. The Kier molecular flexibility index (Phi) is 7.42. The van der Waals surface area contributed by atoms with Crippen LogP contribution in [0.2, 0.25) is 5.02 Å². The molecular formula is C31H28ClNO4. The fourth-order valence-electron chi connectivity index (χ4n) is 5.18. The Morgan fingerprint density at radius 2 is 1.59 bits per heavy atom. The summed E-state index contributed by atoms with van der Waals surface area (Å²) < 4.78 is 11.3. The summed E-state index contributed by atoms with van der Waals surface area (Å²) in [4.78, 5) is 27.1. The summed E-state index contributed by atoms with van der Waals surface area (Å²) in [5.74, 6) is -0.299. The first-order valence-electron chi connectivity index (χ1n) is 12.4. The Labute approximate surface area is 221 Å². The molecule has 1 aliphatic carbocycles. The van der Waals surface area contributed by atoms with Crippen molar-refractivity contribution in [2.45, 2.75) is 31.6 Å². The molecule has 0 saturated carbocycles. The van der Waals surface area contributed by atoms with Crippen LogP contribution in [0.5, 0.6) is 5.75 Å². The number of para-hydroxylation sites is 1. The zero-order chi connectivity index (χ0) is 25.8. The lowest BCUT2D eigenvalue weighted by Crippen LogP contribution is -2.36. The first-order valence-corrected chi connectivity index (χ1v) is 12.8. The Morgan fingerprint density at radius 1 is 0.919 bits per heavy atom. The van der Waals surface area contributed by atoms with Gasteiger partial charge in [0.1, 0.15) is 19.0 Å². The molecule has 1 heterocycles. The average Bonchev–Trinajstić information content (AvgIpc) is 2.91. The van der Waals surface area contributed by atoms with E-state index in [2.05, 4.69) is 17.4 Å². The number of ketones is 1. The van der Waals surface area contributed by atoms with Crippen LogP contribution in [0.1, 0.15) is 42.7 Å². The summed E-state index contributed by atoms with van der Waals surface area (Å²) in [6, 6.07) is 26.8. The van der Waals surface area contributed by atoms with E-state index >= 15 is 0 Å². The first-order chi connectivity index (χ1) is 18.0. The van der Waals surface area contributed by atoms with E-state index in [1.807, 2.05) is 73.7 Å². The normalized spacial score (nSPS) is 19.2. The third kappa shape index (κ3) is 5.32. The Balaban J connectivity index is 1.42. The van der Waals surface area contributed by atoms with Gasteiger partial charge >= 0.3 is 5.97 Å². The van der Waals surface area contributed by atoms with Crippen LogP contribution >= 0.6 is 11.6 Å². The van der Waals surface area contributed by atoms with Gasteiger partial charge in [-0.2, -0.15) is 0 Å². The molecule has 1 N–H and O–H groups in total. The number of allylic oxidation sites excluding steroid dienone is 3. The third-order valence-corrected chi connectivity index (χ3v) is 7.21. The van der Waals surface area contributed by atoms with Gasteiger partial charge in [-0.25, -0.2) is 4.79 Å². The standard InChI is InChI=1S/C31H28ClNO4/c1-20-28(31(35)37-17-16-36-23-12-6-3-7-13-23)29(24-14-8-9-15-25(24)32)30-26(33-20)18-22(19-27(30)34)21-10-4-2-5-11-21/h2-15,22,29,33H,16-19H2,1H3. The van der Waals surface area contributed by atoms with Crippen molar-refractivity contribution >= 4 is 23.4 Å². The molecule has 3 aromatic rings. The van der Waals surface area contributed by atoms with Crippen LogP contribution in [-0.4, -0.2) is 25.0 Å². The highest BCUT2D eigenvalue weighted by molar-refractivity contribution is 6.31. The molecule has 2 aliphatic rings. The zero-order valence-electron chi connectivity index (χ0n) is 20.6. The number of carbonyl (C=O) groups is 2. The van der Waals surface area contributed by atoms with Crippen molar-refractivity contribution in [2.24, 2.45) is 0 Å². The molecular weight excluding hydrogens is 486 g/mol. The van der Waals surface area contributed by atoms with Crippen molar-refractivity contribution in [3.05, 3.63) is 124 Å². The highest BCUT2D eigenvalue weighted by atomic mass is 35.5. The molecule has 0 saturated heterocycles. The smallest absolute Gasteiger partial charge is 0.336 e. The summed E-state index contributed by atoms with van der Waals surface area (Å²) in [5, 5.41) is 3.88. The van der Waals surface area contributed by atoms with Crippen LogP contribution in [0.15, 0.2) is 107 Å². The summed E-state index contributed by atoms with van der Waals surface area (Å²) in [6.45, 7) is 2.15. The number of ether oxygens (including phenoxy) is 2. The molecule has 0 spiro atoms. The highest BCUT2D eigenvalue weighted by Crippen LogP contribution is 2.47. The average molecular weight is 514 g/mol. The van der Waals surface area contributed by atoms with Crippen LogP contribution in [-0.2, 0) is 14.3 Å². The zero-order valence-corrected chi connectivity index (χ0v) is 21.3. The lowest BCUT2D eigenvalue weighted by atomic mass is 9.71. The van der Waals surface area contributed by atoms with E-state index in [1.165, 1.54) is 0 Å². The monoisotopic (exact) mass is 513 g/mol. The molecule has 5 rings (SSSR count). The van der Waals surface area contributed by atoms with Gasteiger partial charge in [0, 0.05) is 34.3 Å². The summed E-state index contributed by atoms with van der Waals surface area (Å²) in [5.41, 5.74) is 4.35. The predicted octanol–water partition coefficient (Wildman–Crippen LogP) is 6.32. The van der Waals surface area contributed by atoms with E-state index in [1.54, 1.807) is 6.07 Å². The van der Waals surface area contributed by atoms with Crippen molar-refractivity contribution < 1.29 is 19.1 Å². The molecule has 0 amide bonds. The van der Waals surface area contributed by atoms with E-state index in [0.29, 0.717) is 40.5 Å². The molecule has 188 valence electrons. The fraction of sp³-hybridized carbons (Fsp3) is 0.226. The van der Waals surface area contributed by atoms with E-state index in [0.717, 1.165) is 16.8 Å². The second-order valence-corrected chi connectivity index (χ2v) is 9.65. The number of halogens is 1. The molecule has 0 bridgehead atoms. The van der Waals surface area contributed by atoms with Gasteiger partial charge in [-0.1, -0.05) is 78.3 Å². The van der Waals surface area contributed by atoms with Crippen molar-refractivity contribution in [3.63, 3.8) is 0 Å². The van der Waals surface area contributed by atoms with Crippen LogP contribution in [0.4, 0.5) is 0 Å². The molecule has 0 radical (unpaired) electrons. The minimum atomic E-state index is -0.600. The van der Waals surface area contributed by atoms with E-state index in [4.69, 9.17) is 21.1 Å². The topological polar surface area (TPSA) is 64.6 Å². The molecule has 37 heavy (non-hydrogen) atoms. The van der Waals surface area contributed by atoms with Crippen LogP contribution < -0.4 is 10.1 Å². The van der Waals surface area contributed by atoms with Gasteiger partial charge in [0.15, 0.2) is 5.78 Å². The number of hydrogen-bond donors (Lipinski definition) is 1. The first kappa shape index (κ1) is 24.8. The molecule has 1 aliphatic heterocycles. The van der Waals surface area contributed by atoms with E-state index in [-0.39, 0.29) is 24.9 Å². The number of benzene rings is 3. The van der Waals surface area contributed by atoms with Crippen molar-refractivity contribution in [1.29, 1.82) is 0 Å². The van der Waals surface area contributed by atoms with Gasteiger partial charge in [0.05, 0.1) is 5.57 Å². The van der Waals surface area contributed by atoms with Crippen molar-refractivity contribution in [1.82, 2.24) is 5.32 Å². The molecule has 2 atom stereocenters. The number of nitrogens with one attached hydrogen (secondary N) is 1. The van der Waals surface area contributed by atoms with Crippen LogP contribution in [0, 0.1) is 0 Å². The van der Waals surface area contributed by atoms with E-state index < -0.39 is 11.9 Å². The fourth-order valence-corrected chi connectivity index (χ4v) is 5.42. The van der Waals surface area contributed by atoms with Crippen LogP contribution in [0.25, 0.3) is 0 Å². The molecule has 2 unspecified atom stereocenters. The molecule has 5 nitrogen and oxygen atoms in total. The van der Waals surface area contributed by atoms with Gasteiger partial charge in [0.2, 0.25) is 0 Å². The highest BCUT2D eigenvalue weighted by Gasteiger charge is 2.42. The summed E-state index contributed by atoms with van der Waals surface area (Å²) >= 11 is 6.62. The maximum atomic E-state index is 13.7.